The van der Waals surface area contributed by atoms with Gasteiger partial charge >= 0.3 is 0 Å². The van der Waals surface area contributed by atoms with Crippen LogP contribution < -0.4 is 0 Å². The third-order valence-electron chi connectivity index (χ3n) is 7.18. The van der Waals surface area contributed by atoms with E-state index in [9.17, 15) is 4.39 Å². The molecule has 4 aromatic carbocycles. The van der Waals surface area contributed by atoms with E-state index in [4.69, 9.17) is 0 Å². The quantitative estimate of drug-likeness (QED) is 0.145. The van der Waals surface area contributed by atoms with E-state index in [2.05, 4.69) is 74.2 Å². The molecule has 0 aliphatic rings. The Balaban J connectivity index is 1.38. The second-order valence-corrected chi connectivity index (χ2v) is 10.1. The van der Waals surface area contributed by atoms with Crippen LogP contribution in [0.3, 0.4) is 0 Å². The highest BCUT2D eigenvalue weighted by molar-refractivity contribution is 5.85. The predicted molar refractivity (Wildman–Crippen MR) is 157 cm³/mol. The first-order chi connectivity index (χ1) is 18.2. The van der Waals surface area contributed by atoms with Crippen LogP contribution in [0.2, 0.25) is 0 Å². The smallest absolute Gasteiger partial charge is 0.134 e. The van der Waals surface area contributed by atoms with Gasteiger partial charge in [0.25, 0.3) is 0 Å². The number of hydrogen-bond donors (Lipinski definition) is 0. The number of halogens is 1. The highest BCUT2D eigenvalue weighted by Gasteiger charge is 2.07. The summed E-state index contributed by atoms with van der Waals surface area (Å²) in [6, 6.07) is 27.2. The minimum absolute atomic E-state index is 0.0799. The van der Waals surface area contributed by atoms with E-state index in [1.165, 1.54) is 55.2 Å². The number of unbranched alkanes of at least 4 members (excludes halogenated alkanes) is 6. The van der Waals surface area contributed by atoms with E-state index in [-0.39, 0.29) is 5.82 Å². The zero-order valence-corrected chi connectivity index (χ0v) is 22.5. The summed E-state index contributed by atoms with van der Waals surface area (Å²) in [5, 5.41) is 1.59. The van der Waals surface area contributed by atoms with Crippen molar-refractivity contribution in [1.82, 2.24) is 0 Å². The standard InChI is InChI=1S/C36H39F/c1-3-5-7-8-10-11-28-15-20-31(21-16-28)32-22-17-29(18-23-32)13-14-30-19-26-35-34(27-30)25-24-33(36(35)37)12-9-6-4-2/h15-27H,3-12H2,1-2H3. The van der Waals surface area contributed by atoms with Crippen molar-refractivity contribution in [3.8, 4) is 23.0 Å². The number of fused-ring (bicyclic) bond motifs is 1. The van der Waals surface area contributed by atoms with Crippen LogP contribution in [0, 0.1) is 17.7 Å². The Labute approximate surface area is 223 Å². The van der Waals surface area contributed by atoms with Gasteiger partial charge in [-0.05, 0) is 77.6 Å². The molecule has 1 heteroatoms. The maximum Gasteiger partial charge on any atom is 0.134 e. The SMILES string of the molecule is CCCCCCCc1ccc(-c2ccc(C#Cc3ccc4c(F)c(CCCCC)ccc4c3)cc2)cc1. The third-order valence-corrected chi connectivity index (χ3v) is 7.18. The van der Waals surface area contributed by atoms with Crippen LogP contribution in [-0.4, -0.2) is 0 Å². The molecule has 0 nitrogen and oxygen atoms in total. The number of rotatable bonds is 11. The van der Waals surface area contributed by atoms with Crippen LogP contribution in [0.1, 0.15) is 87.5 Å². The maximum absolute atomic E-state index is 14.9. The summed E-state index contributed by atoms with van der Waals surface area (Å²) in [4.78, 5) is 0. The molecule has 4 rings (SSSR count). The van der Waals surface area contributed by atoms with Crippen molar-refractivity contribution in [2.75, 3.05) is 0 Å². The van der Waals surface area contributed by atoms with Gasteiger partial charge in [0.05, 0.1) is 0 Å². The summed E-state index contributed by atoms with van der Waals surface area (Å²) < 4.78 is 14.9. The second kappa shape index (κ2) is 13.8. The molecule has 4 aromatic rings. The van der Waals surface area contributed by atoms with E-state index in [0.29, 0.717) is 5.39 Å². The highest BCUT2D eigenvalue weighted by atomic mass is 19.1. The van der Waals surface area contributed by atoms with Crippen LogP contribution in [0.5, 0.6) is 0 Å². The molecule has 0 unspecified atom stereocenters. The van der Waals surface area contributed by atoms with Crippen LogP contribution in [0.4, 0.5) is 4.39 Å². The highest BCUT2D eigenvalue weighted by Crippen LogP contribution is 2.24. The lowest BCUT2D eigenvalue weighted by Crippen LogP contribution is -1.93. The molecule has 0 radical (unpaired) electrons. The monoisotopic (exact) mass is 490 g/mol. The third kappa shape index (κ3) is 7.56. The van der Waals surface area contributed by atoms with Crippen molar-refractivity contribution in [3.05, 3.63) is 107 Å². The summed E-state index contributed by atoms with van der Waals surface area (Å²) in [7, 11) is 0. The minimum atomic E-state index is -0.0799. The molecular weight excluding hydrogens is 451 g/mol. The van der Waals surface area contributed by atoms with E-state index >= 15 is 0 Å². The molecule has 0 heterocycles. The Morgan fingerprint density at radius 1 is 0.568 bits per heavy atom. The number of benzene rings is 4. The average Bonchev–Trinajstić information content (AvgIpc) is 2.94. The fourth-order valence-electron chi connectivity index (χ4n) is 4.86. The first-order valence-corrected chi connectivity index (χ1v) is 14.1. The van der Waals surface area contributed by atoms with Gasteiger partial charge < -0.3 is 0 Å². The lowest BCUT2D eigenvalue weighted by molar-refractivity contribution is 0.609. The first-order valence-electron chi connectivity index (χ1n) is 14.1. The normalized spacial score (nSPS) is 10.9. The van der Waals surface area contributed by atoms with Gasteiger partial charge in [-0.2, -0.15) is 0 Å². The van der Waals surface area contributed by atoms with E-state index < -0.39 is 0 Å². The van der Waals surface area contributed by atoms with Crippen LogP contribution in [-0.2, 0) is 12.8 Å². The minimum Gasteiger partial charge on any atom is -0.206 e. The van der Waals surface area contributed by atoms with Crippen LogP contribution >= 0.6 is 0 Å². The van der Waals surface area contributed by atoms with E-state index in [1.807, 2.05) is 30.3 Å². The Morgan fingerprint density at radius 3 is 1.89 bits per heavy atom. The van der Waals surface area contributed by atoms with E-state index in [1.54, 1.807) is 0 Å². The molecule has 190 valence electrons. The summed E-state index contributed by atoms with van der Waals surface area (Å²) in [5.74, 6) is 6.44. The molecule has 0 amide bonds. The van der Waals surface area contributed by atoms with Gasteiger partial charge in [-0.1, -0.05) is 119 Å². The van der Waals surface area contributed by atoms with E-state index in [0.717, 1.165) is 47.8 Å². The topological polar surface area (TPSA) is 0 Å². The molecule has 0 aliphatic carbocycles. The molecule has 37 heavy (non-hydrogen) atoms. The molecule has 0 fully saturated rings. The van der Waals surface area contributed by atoms with Gasteiger partial charge in [0.2, 0.25) is 0 Å². The summed E-state index contributed by atoms with van der Waals surface area (Å²) in [6.07, 6.45) is 11.9. The molecule has 0 N–H and O–H groups in total. The van der Waals surface area contributed by atoms with Crippen LogP contribution in [0.25, 0.3) is 21.9 Å². The molecule has 0 saturated heterocycles. The summed E-state index contributed by atoms with van der Waals surface area (Å²) in [5.41, 5.74) is 6.56. The van der Waals surface area contributed by atoms with Crippen molar-refractivity contribution in [3.63, 3.8) is 0 Å². The van der Waals surface area contributed by atoms with Gasteiger partial charge in [0.1, 0.15) is 5.82 Å². The van der Waals surface area contributed by atoms with Gasteiger partial charge in [-0.15, -0.1) is 0 Å². The zero-order valence-electron chi connectivity index (χ0n) is 22.5. The fourth-order valence-corrected chi connectivity index (χ4v) is 4.86. The lowest BCUT2D eigenvalue weighted by atomic mass is 9.99. The van der Waals surface area contributed by atoms with Gasteiger partial charge in [-0.25, -0.2) is 4.39 Å². The van der Waals surface area contributed by atoms with Crippen molar-refractivity contribution >= 4 is 10.8 Å². The van der Waals surface area contributed by atoms with Gasteiger partial charge in [0, 0.05) is 16.5 Å². The fraction of sp³-hybridized carbons (Fsp3) is 0.333. The Morgan fingerprint density at radius 2 is 1.16 bits per heavy atom. The molecule has 0 bridgehead atoms. The van der Waals surface area contributed by atoms with Gasteiger partial charge in [-0.3, -0.25) is 0 Å². The average molecular weight is 491 g/mol. The first kappa shape index (κ1) is 26.7. The summed E-state index contributed by atoms with van der Waals surface area (Å²) in [6.45, 7) is 4.43. The Bertz CT molecular complexity index is 1330. The van der Waals surface area contributed by atoms with Crippen molar-refractivity contribution in [2.45, 2.75) is 78.1 Å². The predicted octanol–water partition coefficient (Wildman–Crippen LogP) is 10.3. The van der Waals surface area contributed by atoms with Crippen LogP contribution in [0.15, 0.2) is 78.9 Å². The molecule has 0 atom stereocenters. The zero-order chi connectivity index (χ0) is 25.9. The summed E-state index contributed by atoms with van der Waals surface area (Å²) >= 11 is 0. The number of aryl methyl sites for hydroxylation is 2. The molecule has 0 spiro atoms. The van der Waals surface area contributed by atoms with Gasteiger partial charge in [0.15, 0.2) is 0 Å². The molecule has 0 aromatic heterocycles. The Kier molecular flexibility index (Phi) is 9.96. The number of hydrogen-bond acceptors (Lipinski definition) is 0. The van der Waals surface area contributed by atoms with Crippen molar-refractivity contribution in [2.24, 2.45) is 0 Å². The molecule has 0 saturated carbocycles. The van der Waals surface area contributed by atoms with Crippen molar-refractivity contribution in [1.29, 1.82) is 0 Å². The largest absolute Gasteiger partial charge is 0.206 e. The maximum atomic E-state index is 14.9. The Hall–Kier alpha value is -3.37. The molecular formula is C36H39F. The second-order valence-electron chi connectivity index (χ2n) is 10.1. The molecule has 0 aliphatic heterocycles. The lowest BCUT2D eigenvalue weighted by Gasteiger charge is -2.07. The van der Waals surface area contributed by atoms with Crippen molar-refractivity contribution < 1.29 is 4.39 Å².